The van der Waals surface area contributed by atoms with Crippen LogP contribution in [-0.2, 0) is 4.79 Å². The van der Waals surface area contributed by atoms with Crippen LogP contribution in [0.4, 0.5) is 0 Å². The number of ketones is 1. The summed E-state index contributed by atoms with van der Waals surface area (Å²) in [6.45, 7) is 3.91. The quantitative estimate of drug-likeness (QED) is 0.719. The highest BCUT2D eigenvalue weighted by atomic mass is 35.5. The van der Waals surface area contributed by atoms with Crippen LogP contribution >= 0.6 is 23.2 Å². The molecular formula is C13H14Cl2O. The van der Waals surface area contributed by atoms with Crippen LogP contribution in [0, 0.1) is 5.92 Å². The van der Waals surface area contributed by atoms with Crippen LogP contribution in [0.15, 0.2) is 24.3 Å². The molecule has 16 heavy (non-hydrogen) atoms. The molecule has 0 bridgehead atoms. The van der Waals surface area contributed by atoms with E-state index in [1.165, 1.54) is 0 Å². The molecule has 0 amide bonds. The lowest BCUT2D eigenvalue weighted by molar-refractivity contribution is -0.117. The molecule has 0 saturated carbocycles. The molecule has 0 aliphatic heterocycles. The van der Waals surface area contributed by atoms with Gasteiger partial charge in [-0.15, -0.1) is 0 Å². The Morgan fingerprint density at radius 2 is 2.06 bits per heavy atom. The van der Waals surface area contributed by atoms with Gasteiger partial charge in [-0.25, -0.2) is 0 Å². The van der Waals surface area contributed by atoms with Gasteiger partial charge in [-0.2, -0.15) is 0 Å². The van der Waals surface area contributed by atoms with E-state index in [4.69, 9.17) is 23.2 Å². The summed E-state index contributed by atoms with van der Waals surface area (Å²) in [5, 5.41) is 1.02. The van der Waals surface area contributed by atoms with E-state index in [2.05, 4.69) is 0 Å². The van der Waals surface area contributed by atoms with Crippen LogP contribution in [0.5, 0.6) is 0 Å². The lowest BCUT2D eigenvalue weighted by Crippen LogP contribution is -2.05. The van der Waals surface area contributed by atoms with E-state index >= 15 is 0 Å². The highest BCUT2D eigenvalue weighted by Crippen LogP contribution is 2.23. The minimum absolute atomic E-state index is 0.0685. The van der Waals surface area contributed by atoms with Crippen molar-refractivity contribution in [2.24, 2.45) is 5.92 Å². The zero-order chi connectivity index (χ0) is 12.1. The van der Waals surface area contributed by atoms with E-state index in [1.54, 1.807) is 24.3 Å². The van der Waals surface area contributed by atoms with Gasteiger partial charge < -0.3 is 0 Å². The van der Waals surface area contributed by atoms with E-state index in [0.29, 0.717) is 10.0 Å². The van der Waals surface area contributed by atoms with Crippen LogP contribution in [0.1, 0.15) is 25.8 Å². The van der Waals surface area contributed by atoms with Crippen molar-refractivity contribution in [3.8, 4) is 0 Å². The molecule has 1 nitrogen and oxygen atoms in total. The van der Waals surface area contributed by atoms with E-state index in [1.807, 2.05) is 19.9 Å². The molecule has 0 aliphatic carbocycles. The molecule has 86 valence electrons. The maximum absolute atomic E-state index is 11.6. The first-order valence-corrected chi connectivity index (χ1v) is 5.97. The molecule has 0 aromatic heterocycles. The first kappa shape index (κ1) is 13.3. The molecule has 0 radical (unpaired) electrons. The molecule has 0 aliphatic rings. The van der Waals surface area contributed by atoms with Crippen molar-refractivity contribution in [2.75, 3.05) is 0 Å². The summed E-state index contributed by atoms with van der Waals surface area (Å²) in [6, 6.07) is 5.29. The Balaban J connectivity index is 2.77. The number of hydrogen-bond acceptors (Lipinski definition) is 1. The Morgan fingerprint density at radius 1 is 1.38 bits per heavy atom. The second kappa shape index (κ2) is 6.07. The number of halogens is 2. The van der Waals surface area contributed by atoms with Gasteiger partial charge >= 0.3 is 0 Å². The average molecular weight is 257 g/mol. The number of carbonyl (C=O) groups excluding carboxylic acids is 1. The van der Waals surface area contributed by atoms with Crippen LogP contribution in [0.2, 0.25) is 10.0 Å². The SMILES string of the molecule is CC[C@@H](C)C(=O)/C=C\c1ccc(Cl)c(Cl)c1. The number of benzene rings is 1. The molecular weight excluding hydrogens is 243 g/mol. The molecule has 3 heteroatoms. The Bertz CT molecular complexity index is 410. The van der Waals surface area contributed by atoms with Gasteiger partial charge in [-0.1, -0.05) is 49.2 Å². The summed E-state index contributed by atoms with van der Waals surface area (Å²) in [5.74, 6) is 0.201. The standard InChI is InChI=1S/C13H14Cl2O/c1-3-9(2)13(16)7-5-10-4-6-11(14)12(15)8-10/h4-9H,3H2,1-2H3/b7-5-/t9-/m1/s1. The van der Waals surface area contributed by atoms with Gasteiger partial charge in [0.1, 0.15) is 0 Å². The molecule has 1 aromatic rings. The van der Waals surface area contributed by atoms with Crippen LogP contribution in [0.25, 0.3) is 6.08 Å². The first-order chi connectivity index (χ1) is 7.54. The summed E-state index contributed by atoms with van der Waals surface area (Å²) < 4.78 is 0. The maximum atomic E-state index is 11.6. The van der Waals surface area contributed by atoms with Crippen LogP contribution in [-0.4, -0.2) is 5.78 Å². The number of allylic oxidation sites excluding steroid dienone is 1. The highest BCUT2D eigenvalue weighted by molar-refractivity contribution is 6.42. The fourth-order valence-corrected chi connectivity index (χ4v) is 1.47. The van der Waals surface area contributed by atoms with Gasteiger partial charge in [0, 0.05) is 5.92 Å². The second-order valence-electron chi connectivity index (χ2n) is 3.72. The largest absolute Gasteiger partial charge is 0.295 e. The predicted molar refractivity (Wildman–Crippen MR) is 70.0 cm³/mol. The molecule has 1 aromatic carbocycles. The van der Waals surface area contributed by atoms with Crippen LogP contribution < -0.4 is 0 Å². The topological polar surface area (TPSA) is 17.1 Å². The Morgan fingerprint density at radius 3 is 2.62 bits per heavy atom. The molecule has 0 spiro atoms. The minimum atomic E-state index is 0.0685. The Kier molecular flexibility index (Phi) is 5.04. The maximum Gasteiger partial charge on any atom is 0.158 e. The zero-order valence-electron chi connectivity index (χ0n) is 9.34. The highest BCUT2D eigenvalue weighted by Gasteiger charge is 2.06. The number of rotatable bonds is 4. The lowest BCUT2D eigenvalue weighted by Gasteiger charge is -2.02. The summed E-state index contributed by atoms with van der Waals surface area (Å²) in [5.41, 5.74) is 0.881. The summed E-state index contributed by atoms with van der Waals surface area (Å²) >= 11 is 11.7. The van der Waals surface area contributed by atoms with E-state index < -0.39 is 0 Å². The molecule has 1 rings (SSSR count). The third-order valence-electron chi connectivity index (χ3n) is 2.48. The summed E-state index contributed by atoms with van der Waals surface area (Å²) in [4.78, 5) is 11.6. The smallest absolute Gasteiger partial charge is 0.158 e. The van der Waals surface area contributed by atoms with Gasteiger partial charge in [0.05, 0.1) is 10.0 Å². The van der Waals surface area contributed by atoms with Gasteiger partial charge in [-0.05, 0) is 30.2 Å². The lowest BCUT2D eigenvalue weighted by atomic mass is 10.0. The van der Waals surface area contributed by atoms with E-state index in [9.17, 15) is 4.79 Å². The van der Waals surface area contributed by atoms with Gasteiger partial charge in [0.15, 0.2) is 5.78 Å². The minimum Gasteiger partial charge on any atom is -0.295 e. The first-order valence-electron chi connectivity index (χ1n) is 5.21. The van der Waals surface area contributed by atoms with Crippen molar-refractivity contribution in [3.05, 3.63) is 39.9 Å². The monoisotopic (exact) mass is 256 g/mol. The molecule has 0 unspecified atom stereocenters. The van der Waals surface area contributed by atoms with Crippen molar-refractivity contribution >= 4 is 35.1 Å². The third-order valence-corrected chi connectivity index (χ3v) is 3.22. The van der Waals surface area contributed by atoms with Crippen molar-refractivity contribution in [1.82, 2.24) is 0 Å². The number of carbonyl (C=O) groups is 1. The van der Waals surface area contributed by atoms with Gasteiger partial charge in [0.25, 0.3) is 0 Å². The zero-order valence-corrected chi connectivity index (χ0v) is 10.8. The Labute approximate surface area is 106 Å². The molecule has 0 saturated heterocycles. The van der Waals surface area contributed by atoms with Crippen molar-refractivity contribution in [1.29, 1.82) is 0 Å². The van der Waals surface area contributed by atoms with Crippen molar-refractivity contribution in [3.63, 3.8) is 0 Å². The van der Waals surface area contributed by atoms with Crippen molar-refractivity contribution in [2.45, 2.75) is 20.3 Å². The van der Waals surface area contributed by atoms with E-state index in [-0.39, 0.29) is 11.7 Å². The Hall–Kier alpha value is -0.790. The van der Waals surface area contributed by atoms with Crippen LogP contribution in [0.3, 0.4) is 0 Å². The van der Waals surface area contributed by atoms with Gasteiger partial charge in [0.2, 0.25) is 0 Å². The fraction of sp³-hybridized carbons (Fsp3) is 0.308. The summed E-state index contributed by atoms with van der Waals surface area (Å²) in [7, 11) is 0. The predicted octanol–water partition coefficient (Wildman–Crippen LogP) is 4.62. The normalized spacial score (nSPS) is 13.0. The van der Waals surface area contributed by atoms with Crippen molar-refractivity contribution < 1.29 is 4.79 Å². The molecule has 0 fully saturated rings. The van der Waals surface area contributed by atoms with E-state index in [0.717, 1.165) is 12.0 Å². The average Bonchev–Trinajstić information content (AvgIpc) is 2.29. The molecule has 0 N–H and O–H groups in total. The second-order valence-corrected chi connectivity index (χ2v) is 4.53. The van der Waals surface area contributed by atoms with Gasteiger partial charge in [-0.3, -0.25) is 4.79 Å². The number of hydrogen-bond donors (Lipinski definition) is 0. The third kappa shape index (κ3) is 3.66. The molecule has 1 atom stereocenters. The molecule has 0 heterocycles. The fourth-order valence-electron chi connectivity index (χ4n) is 1.16. The summed E-state index contributed by atoms with van der Waals surface area (Å²) in [6.07, 6.45) is 4.20.